The summed E-state index contributed by atoms with van der Waals surface area (Å²) in [6, 6.07) is 7.99. The van der Waals surface area contributed by atoms with Gasteiger partial charge in [-0.1, -0.05) is 6.07 Å². The Morgan fingerprint density at radius 1 is 1.12 bits per heavy atom. The van der Waals surface area contributed by atoms with E-state index in [1.165, 1.54) is 17.8 Å². The molecular formula is C20H26N2O3S. The molecule has 0 spiro atoms. The first-order valence-corrected chi connectivity index (χ1v) is 10.4. The lowest BCUT2D eigenvalue weighted by molar-refractivity contribution is 0.000861. The van der Waals surface area contributed by atoms with Gasteiger partial charge in [0.05, 0.1) is 11.4 Å². The van der Waals surface area contributed by atoms with Crippen LogP contribution in [0.1, 0.15) is 53.0 Å². The molecule has 2 aliphatic rings. The Bertz CT molecular complexity index is 706. The standard InChI is InChI=1S/C20H26N2O3S/c23-20(19-6-3-14-26-19)22-10-4-9-21(11-12-22)15-16-7-8-18(25-16)17-5-1-2-13-24-17/h3,6-8,14,17H,1-2,4-5,9-13,15H2. The first-order valence-electron chi connectivity index (χ1n) is 9.55. The lowest BCUT2D eigenvalue weighted by atomic mass is 10.1. The number of ether oxygens (including phenoxy) is 1. The lowest BCUT2D eigenvalue weighted by Crippen LogP contribution is -2.34. The van der Waals surface area contributed by atoms with Gasteiger partial charge >= 0.3 is 0 Å². The molecule has 6 heteroatoms. The third kappa shape index (κ3) is 4.19. The number of rotatable bonds is 4. The van der Waals surface area contributed by atoms with Crippen molar-refractivity contribution >= 4 is 17.2 Å². The van der Waals surface area contributed by atoms with Crippen LogP contribution >= 0.6 is 11.3 Å². The van der Waals surface area contributed by atoms with Gasteiger partial charge in [0.1, 0.15) is 17.6 Å². The van der Waals surface area contributed by atoms with Crippen LogP contribution in [0.2, 0.25) is 0 Å². The van der Waals surface area contributed by atoms with Gasteiger partial charge in [0.15, 0.2) is 0 Å². The van der Waals surface area contributed by atoms with Crippen LogP contribution in [0.5, 0.6) is 0 Å². The minimum Gasteiger partial charge on any atom is -0.462 e. The molecule has 0 aliphatic carbocycles. The predicted octanol–water partition coefficient (Wildman–Crippen LogP) is 3.93. The van der Waals surface area contributed by atoms with E-state index in [1.54, 1.807) is 0 Å². The van der Waals surface area contributed by atoms with Crippen molar-refractivity contribution in [2.45, 2.75) is 38.3 Å². The fourth-order valence-electron chi connectivity index (χ4n) is 3.73. The van der Waals surface area contributed by atoms with Crippen molar-refractivity contribution in [3.8, 4) is 0 Å². The zero-order valence-electron chi connectivity index (χ0n) is 15.1. The summed E-state index contributed by atoms with van der Waals surface area (Å²) >= 11 is 1.52. The van der Waals surface area contributed by atoms with E-state index in [4.69, 9.17) is 9.15 Å². The minimum atomic E-state index is 0.126. The number of hydrogen-bond donors (Lipinski definition) is 0. The van der Waals surface area contributed by atoms with Crippen LogP contribution < -0.4 is 0 Å². The molecule has 0 radical (unpaired) electrons. The summed E-state index contributed by atoms with van der Waals surface area (Å²) < 4.78 is 11.9. The van der Waals surface area contributed by atoms with E-state index < -0.39 is 0 Å². The molecule has 0 saturated carbocycles. The van der Waals surface area contributed by atoms with Crippen molar-refractivity contribution in [3.63, 3.8) is 0 Å². The third-order valence-corrected chi connectivity index (χ3v) is 6.02. The number of carbonyl (C=O) groups excluding carboxylic acids is 1. The Morgan fingerprint density at radius 3 is 2.88 bits per heavy atom. The molecule has 1 atom stereocenters. The molecular weight excluding hydrogens is 348 g/mol. The molecule has 26 heavy (non-hydrogen) atoms. The Kier molecular flexibility index (Phi) is 5.72. The zero-order chi connectivity index (χ0) is 17.8. The molecule has 140 valence electrons. The van der Waals surface area contributed by atoms with Gasteiger partial charge in [-0.05, 0) is 49.3 Å². The molecule has 2 aliphatic heterocycles. The molecule has 5 nitrogen and oxygen atoms in total. The van der Waals surface area contributed by atoms with Crippen molar-refractivity contribution in [3.05, 3.63) is 46.0 Å². The van der Waals surface area contributed by atoms with Crippen LogP contribution in [0.3, 0.4) is 0 Å². The molecule has 4 heterocycles. The van der Waals surface area contributed by atoms with E-state index in [1.807, 2.05) is 22.4 Å². The Balaban J connectivity index is 1.32. The molecule has 0 aromatic carbocycles. The average Bonchev–Trinajstić information content (AvgIpc) is 3.31. The quantitative estimate of drug-likeness (QED) is 0.813. The minimum absolute atomic E-state index is 0.126. The molecule has 0 N–H and O–H groups in total. The molecule has 2 aromatic heterocycles. The number of hydrogen-bond acceptors (Lipinski definition) is 5. The van der Waals surface area contributed by atoms with Crippen molar-refractivity contribution < 1.29 is 13.9 Å². The summed E-state index contributed by atoms with van der Waals surface area (Å²) in [6.45, 7) is 5.11. The number of furan rings is 1. The summed E-state index contributed by atoms with van der Waals surface area (Å²) in [5.41, 5.74) is 0. The zero-order valence-corrected chi connectivity index (χ0v) is 15.9. The van der Waals surface area contributed by atoms with Crippen LogP contribution in [0.4, 0.5) is 0 Å². The fraction of sp³-hybridized carbons (Fsp3) is 0.550. The summed E-state index contributed by atoms with van der Waals surface area (Å²) in [6.07, 6.45) is 4.53. The molecule has 1 unspecified atom stereocenters. The predicted molar refractivity (Wildman–Crippen MR) is 101 cm³/mol. The van der Waals surface area contributed by atoms with Gasteiger partial charge in [-0.3, -0.25) is 9.69 Å². The van der Waals surface area contributed by atoms with Crippen LogP contribution in [0.15, 0.2) is 34.1 Å². The summed E-state index contributed by atoms with van der Waals surface area (Å²) in [5, 5.41) is 1.96. The number of thiophene rings is 1. The maximum atomic E-state index is 12.5. The van der Waals surface area contributed by atoms with E-state index >= 15 is 0 Å². The van der Waals surface area contributed by atoms with Gasteiger partial charge in [0, 0.05) is 32.8 Å². The highest BCUT2D eigenvalue weighted by Gasteiger charge is 2.23. The SMILES string of the molecule is O=C(c1cccs1)N1CCCN(Cc2ccc(C3CCCCO3)o2)CC1. The van der Waals surface area contributed by atoms with Crippen LogP contribution in [0, 0.1) is 0 Å². The number of nitrogens with zero attached hydrogens (tertiary/aromatic N) is 2. The molecule has 2 saturated heterocycles. The summed E-state index contributed by atoms with van der Waals surface area (Å²) in [7, 11) is 0. The second-order valence-corrected chi connectivity index (χ2v) is 8.01. The Morgan fingerprint density at radius 2 is 2.08 bits per heavy atom. The Hall–Kier alpha value is -1.63. The van der Waals surface area contributed by atoms with E-state index in [0.717, 1.165) is 75.0 Å². The van der Waals surface area contributed by atoms with Crippen LogP contribution in [-0.2, 0) is 11.3 Å². The highest BCUT2D eigenvalue weighted by atomic mass is 32.1. The van der Waals surface area contributed by atoms with Gasteiger partial charge in [0.2, 0.25) is 0 Å². The van der Waals surface area contributed by atoms with Crippen molar-refractivity contribution in [1.82, 2.24) is 9.80 Å². The van der Waals surface area contributed by atoms with Gasteiger partial charge < -0.3 is 14.1 Å². The van der Waals surface area contributed by atoms with Gasteiger partial charge in [-0.2, -0.15) is 0 Å². The normalized spacial score (nSPS) is 22.3. The summed E-state index contributed by atoms with van der Waals surface area (Å²) in [4.78, 5) is 17.7. The molecule has 2 fully saturated rings. The van der Waals surface area contributed by atoms with E-state index in [0.29, 0.717) is 0 Å². The largest absolute Gasteiger partial charge is 0.462 e. The van der Waals surface area contributed by atoms with E-state index in [9.17, 15) is 4.79 Å². The van der Waals surface area contributed by atoms with Crippen LogP contribution in [0.25, 0.3) is 0 Å². The third-order valence-electron chi connectivity index (χ3n) is 5.17. The number of amides is 1. The van der Waals surface area contributed by atoms with Gasteiger partial charge in [-0.15, -0.1) is 11.3 Å². The van der Waals surface area contributed by atoms with Gasteiger partial charge in [-0.25, -0.2) is 0 Å². The second kappa shape index (κ2) is 8.37. The van der Waals surface area contributed by atoms with Gasteiger partial charge in [0.25, 0.3) is 5.91 Å². The lowest BCUT2D eigenvalue weighted by Gasteiger charge is -2.21. The smallest absolute Gasteiger partial charge is 0.263 e. The Labute approximate surface area is 158 Å². The highest BCUT2D eigenvalue weighted by Crippen LogP contribution is 2.29. The highest BCUT2D eigenvalue weighted by molar-refractivity contribution is 7.12. The summed E-state index contributed by atoms with van der Waals surface area (Å²) in [5.74, 6) is 2.12. The van der Waals surface area contributed by atoms with E-state index in [2.05, 4.69) is 17.0 Å². The monoisotopic (exact) mass is 374 g/mol. The van der Waals surface area contributed by atoms with Crippen LogP contribution in [-0.4, -0.2) is 48.5 Å². The topological polar surface area (TPSA) is 45.9 Å². The average molecular weight is 375 g/mol. The molecule has 4 rings (SSSR count). The van der Waals surface area contributed by atoms with Crippen molar-refractivity contribution in [2.75, 3.05) is 32.8 Å². The maximum Gasteiger partial charge on any atom is 0.263 e. The molecule has 0 bridgehead atoms. The maximum absolute atomic E-state index is 12.5. The van der Waals surface area contributed by atoms with E-state index in [-0.39, 0.29) is 12.0 Å². The number of carbonyl (C=O) groups is 1. The first kappa shape index (κ1) is 17.8. The fourth-order valence-corrected chi connectivity index (χ4v) is 4.42. The molecule has 2 aromatic rings. The van der Waals surface area contributed by atoms with Crippen molar-refractivity contribution in [1.29, 1.82) is 0 Å². The van der Waals surface area contributed by atoms with Crippen molar-refractivity contribution in [2.24, 2.45) is 0 Å². The first-order chi connectivity index (χ1) is 12.8. The molecule has 1 amide bonds. The second-order valence-electron chi connectivity index (χ2n) is 7.06.